The first-order chi connectivity index (χ1) is 26.3. The van der Waals surface area contributed by atoms with Crippen LogP contribution in [0.15, 0.2) is 54.1 Å². The Bertz CT molecular complexity index is 2330. The van der Waals surface area contributed by atoms with E-state index in [2.05, 4.69) is 40.5 Å². The molecule has 5 aromatic rings. The summed E-state index contributed by atoms with van der Waals surface area (Å²) in [6, 6.07) is 8.33. The number of nitrogens with zero attached hydrogens (tertiary/aromatic N) is 7. The lowest BCUT2D eigenvalue weighted by Gasteiger charge is -2.26. The minimum absolute atomic E-state index is 0.0398. The number of aromatic amines is 1. The van der Waals surface area contributed by atoms with Gasteiger partial charge < -0.3 is 34.4 Å². The molecule has 2 amide bonds. The number of aliphatic hydroxyl groups is 2. The number of hydrogen-bond donors (Lipinski definition) is 6. The van der Waals surface area contributed by atoms with Gasteiger partial charge in [0, 0.05) is 11.5 Å². The standard InChI is InChI=1S/C31H33F2N10O10PS/c1-13(2)26(46)40-31-39-25-20(28(48)41-31)37-12-43(25)30-22(17(32)15(8-44)51-30)53-54(49,55)50-9-16-21(45)18(33)29(52-16)42-11-36-19-23(34-10-35-24(19)42)38-27(47)14-6-4-3-5-7-14/h3-7,10-13,15-18,21-22,29-30,44-45H,8-9H2,1-2H3,(H,49,55)(H,34,35,38,47)(H2,39,40,41,46,48)/t15-,16-,17-,18+,21-,22+,29-,30-,54?/m1/s1. The van der Waals surface area contributed by atoms with Crippen molar-refractivity contribution >= 4 is 64.4 Å². The quantitative estimate of drug-likeness (QED) is 0.0969. The largest absolute Gasteiger partial charge is 0.394 e. The number of carbonyl (C=O) groups is 2. The highest BCUT2D eigenvalue weighted by molar-refractivity contribution is 8.07. The first-order valence-corrected chi connectivity index (χ1v) is 19.2. The molecule has 7 rings (SSSR count). The van der Waals surface area contributed by atoms with Gasteiger partial charge in [-0.2, -0.15) is 4.98 Å². The second kappa shape index (κ2) is 15.4. The number of nitrogens with one attached hydrogen (secondary N) is 3. The zero-order chi connectivity index (χ0) is 39.2. The first kappa shape index (κ1) is 38.6. The van der Waals surface area contributed by atoms with E-state index >= 15 is 8.78 Å². The Kier molecular flexibility index (Phi) is 10.8. The summed E-state index contributed by atoms with van der Waals surface area (Å²) in [5.74, 6) is -1.58. The molecule has 6 heterocycles. The van der Waals surface area contributed by atoms with Crippen LogP contribution in [0.5, 0.6) is 0 Å². The third-order valence-electron chi connectivity index (χ3n) is 8.77. The molecule has 1 unspecified atom stereocenters. The third kappa shape index (κ3) is 7.62. The van der Waals surface area contributed by atoms with Gasteiger partial charge in [-0.25, -0.2) is 28.7 Å². The summed E-state index contributed by atoms with van der Waals surface area (Å²) in [5.41, 5.74) is -0.587. The number of aromatic nitrogens is 8. The summed E-state index contributed by atoms with van der Waals surface area (Å²) in [4.78, 5) is 71.8. The summed E-state index contributed by atoms with van der Waals surface area (Å²) < 4.78 is 55.9. The van der Waals surface area contributed by atoms with Crippen molar-refractivity contribution in [3.63, 3.8) is 0 Å². The molecule has 0 radical (unpaired) electrons. The van der Waals surface area contributed by atoms with Crippen LogP contribution in [-0.4, -0.2) is 116 Å². The van der Waals surface area contributed by atoms with Crippen LogP contribution in [-0.2, 0) is 35.1 Å². The van der Waals surface area contributed by atoms with Gasteiger partial charge in [0.2, 0.25) is 11.9 Å². The number of ether oxygens (including phenoxy) is 2. The summed E-state index contributed by atoms with van der Waals surface area (Å²) in [6.45, 7) is -2.77. The monoisotopic (exact) mass is 806 g/mol. The summed E-state index contributed by atoms with van der Waals surface area (Å²) in [5, 5.41) is 25.7. The molecule has 2 aliphatic rings. The van der Waals surface area contributed by atoms with E-state index in [1.54, 1.807) is 44.2 Å². The molecular weight excluding hydrogens is 773 g/mol. The second-order valence-electron chi connectivity index (χ2n) is 12.8. The minimum atomic E-state index is -4.47. The van der Waals surface area contributed by atoms with Crippen molar-refractivity contribution in [3.8, 4) is 0 Å². The van der Waals surface area contributed by atoms with Crippen LogP contribution in [0.3, 0.4) is 0 Å². The van der Waals surface area contributed by atoms with E-state index in [9.17, 15) is 29.5 Å². The zero-order valence-electron chi connectivity index (χ0n) is 28.7. The number of carbonyl (C=O) groups excluding carboxylic acids is 2. The summed E-state index contributed by atoms with van der Waals surface area (Å²) in [7, 11) is 0. The first-order valence-electron chi connectivity index (χ1n) is 16.6. The lowest BCUT2D eigenvalue weighted by Crippen LogP contribution is -2.33. The van der Waals surface area contributed by atoms with Crippen LogP contribution in [0.1, 0.15) is 36.7 Å². The molecule has 55 heavy (non-hydrogen) atoms. The number of imidazole rings is 2. The van der Waals surface area contributed by atoms with Gasteiger partial charge in [0.15, 0.2) is 52.9 Å². The number of hydrogen-bond acceptors (Lipinski definition) is 15. The number of alkyl halides is 2. The number of amides is 2. The van der Waals surface area contributed by atoms with Gasteiger partial charge >= 0.3 is 6.72 Å². The van der Waals surface area contributed by atoms with E-state index < -0.39 is 92.4 Å². The van der Waals surface area contributed by atoms with E-state index in [1.165, 1.54) is 10.9 Å². The van der Waals surface area contributed by atoms with Gasteiger partial charge in [-0.3, -0.25) is 38.3 Å². The topological polar surface area (TPSA) is 263 Å². The number of rotatable bonds is 12. The molecule has 2 saturated heterocycles. The van der Waals surface area contributed by atoms with E-state index in [1.807, 2.05) is 0 Å². The second-order valence-corrected chi connectivity index (χ2v) is 15.6. The fourth-order valence-corrected chi connectivity index (χ4v) is 7.33. The lowest BCUT2D eigenvalue weighted by molar-refractivity contribution is -0.118. The lowest BCUT2D eigenvalue weighted by atomic mass is 10.1. The van der Waals surface area contributed by atoms with Gasteiger partial charge in [-0.15, -0.1) is 0 Å². The van der Waals surface area contributed by atoms with Crippen molar-refractivity contribution in [2.75, 3.05) is 23.8 Å². The summed E-state index contributed by atoms with van der Waals surface area (Å²) >= 11 is 5.16. The van der Waals surface area contributed by atoms with E-state index in [-0.39, 0.29) is 34.1 Å². The molecule has 20 nitrogen and oxygen atoms in total. The Balaban J connectivity index is 1.06. The number of H-pyrrole nitrogens is 1. The smallest absolute Gasteiger partial charge is 0.325 e. The minimum Gasteiger partial charge on any atom is -0.394 e. The highest BCUT2D eigenvalue weighted by atomic mass is 32.5. The van der Waals surface area contributed by atoms with Crippen molar-refractivity contribution in [3.05, 3.63) is 65.2 Å². The maximum atomic E-state index is 15.7. The van der Waals surface area contributed by atoms with Crippen molar-refractivity contribution in [2.45, 2.75) is 63.1 Å². The SMILES string of the molecule is CC(C)C(=O)Nc1nc2c(ncn2[C@@H]2O[C@H](CO)[C@@H](F)[C@@H]2OP(O)(=S)OC[C@H]2O[C@@H](n3cnc4c(NC(=O)c5ccccc5)ncnc43)[C@@H](F)[C@@H]2O)c(=O)[nH]1. The molecule has 0 saturated carbocycles. The molecule has 4 aromatic heterocycles. The number of anilines is 2. The molecule has 9 atom stereocenters. The molecule has 2 aliphatic heterocycles. The van der Waals surface area contributed by atoms with E-state index in [0.717, 1.165) is 17.2 Å². The van der Waals surface area contributed by atoms with E-state index in [0.29, 0.717) is 5.56 Å². The van der Waals surface area contributed by atoms with E-state index in [4.69, 9.17) is 30.3 Å². The van der Waals surface area contributed by atoms with Gasteiger partial charge in [-0.1, -0.05) is 32.0 Å². The van der Waals surface area contributed by atoms with Crippen molar-refractivity contribution in [1.29, 1.82) is 0 Å². The van der Waals surface area contributed by atoms with Gasteiger partial charge in [-0.05, 0) is 23.9 Å². The molecule has 24 heteroatoms. The molecule has 2 fully saturated rings. The Morgan fingerprint density at radius 1 is 1.00 bits per heavy atom. The number of fused-ring (bicyclic) bond motifs is 2. The van der Waals surface area contributed by atoms with Crippen molar-refractivity contribution < 1.29 is 52.0 Å². The zero-order valence-corrected chi connectivity index (χ0v) is 30.4. The maximum Gasteiger partial charge on any atom is 0.325 e. The molecule has 0 bridgehead atoms. The molecule has 1 aromatic carbocycles. The Morgan fingerprint density at radius 3 is 2.40 bits per heavy atom. The molecular formula is C31H33F2N10O10PS. The van der Waals surface area contributed by atoms with Crippen LogP contribution in [0.4, 0.5) is 20.5 Å². The van der Waals surface area contributed by atoms with Crippen LogP contribution in [0.25, 0.3) is 22.3 Å². The fraction of sp³-hybridized carbons (Fsp3) is 0.419. The Labute approximate surface area is 313 Å². The predicted molar refractivity (Wildman–Crippen MR) is 189 cm³/mol. The molecule has 292 valence electrons. The number of halogens is 2. The summed E-state index contributed by atoms with van der Waals surface area (Å²) in [6.07, 6.45) is -10.3. The molecule has 0 spiro atoms. The average Bonchev–Trinajstić information content (AvgIpc) is 3.92. The highest BCUT2D eigenvalue weighted by Gasteiger charge is 2.51. The number of aliphatic hydroxyl groups excluding tert-OH is 2. The maximum absolute atomic E-state index is 15.7. The molecule has 6 N–H and O–H groups in total. The van der Waals surface area contributed by atoms with Crippen molar-refractivity contribution in [1.82, 2.24) is 39.0 Å². The average molecular weight is 807 g/mol. The van der Waals surface area contributed by atoms with Crippen LogP contribution in [0, 0.1) is 5.92 Å². The van der Waals surface area contributed by atoms with Gasteiger partial charge in [0.25, 0.3) is 11.5 Å². The van der Waals surface area contributed by atoms with Crippen LogP contribution in [0.2, 0.25) is 0 Å². The fourth-order valence-electron chi connectivity index (χ4n) is 5.93. The normalized spacial score (nSPS) is 26.5. The third-order valence-corrected chi connectivity index (χ3v) is 10.3. The Morgan fingerprint density at radius 2 is 1.69 bits per heavy atom. The Hall–Kier alpha value is -4.71. The van der Waals surface area contributed by atoms with Gasteiger partial charge in [0.05, 0.1) is 25.9 Å². The highest BCUT2D eigenvalue weighted by Crippen LogP contribution is 2.51. The molecule has 0 aliphatic carbocycles. The van der Waals surface area contributed by atoms with Crippen LogP contribution < -0.4 is 16.2 Å². The van der Waals surface area contributed by atoms with Crippen LogP contribution >= 0.6 is 6.72 Å². The predicted octanol–water partition coefficient (Wildman–Crippen LogP) is 1.25. The number of benzene rings is 1. The van der Waals surface area contributed by atoms with Gasteiger partial charge in [0.1, 0.15) is 30.7 Å². The van der Waals surface area contributed by atoms with Crippen molar-refractivity contribution in [2.24, 2.45) is 5.92 Å².